The minimum Gasteiger partial charge on any atom is -0.309 e. The molecule has 1 heterocycles. The number of nitrogens with zero attached hydrogens (tertiary/aromatic N) is 1. The quantitative estimate of drug-likeness (QED) is 0.825. The summed E-state index contributed by atoms with van der Waals surface area (Å²) < 4.78 is 0. The number of benzene rings is 1. The van der Waals surface area contributed by atoms with Crippen molar-refractivity contribution in [1.29, 1.82) is 0 Å². The van der Waals surface area contributed by atoms with Gasteiger partial charge in [-0.2, -0.15) is 5.10 Å². The van der Waals surface area contributed by atoms with Gasteiger partial charge in [-0.15, -0.1) is 0 Å². The highest BCUT2D eigenvalue weighted by atomic mass is 15.1. The van der Waals surface area contributed by atoms with E-state index >= 15 is 0 Å². The van der Waals surface area contributed by atoms with Gasteiger partial charge in [0.2, 0.25) is 0 Å². The lowest BCUT2D eigenvalue weighted by Gasteiger charge is -2.17. The van der Waals surface area contributed by atoms with Gasteiger partial charge in [0, 0.05) is 11.8 Å². The van der Waals surface area contributed by atoms with Crippen molar-refractivity contribution in [2.75, 3.05) is 7.05 Å². The van der Waals surface area contributed by atoms with Crippen LogP contribution in [-0.2, 0) is 0 Å². The van der Waals surface area contributed by atoms with Crippen LogP contribution in [0.25, 0.3) is 0 Å². The van der Waals surface area contributed by atoms with E-state index in [1.165, 1.54) is 16.7 Å². The fourth-order valence-corrected chi connectivity index (χ4v) is 2.07. The fourth-order valence-electron chi connectivity index (χ4n) is 2.07. The Balaban J connectivity index is 2.41. The monoisotopic (exact) mass is 215 g/mol. The van der Waals surface area contributed by atoms with Gasteiger partial charge in [-0.05, 0) is 32.0 Å². The van der Waals surface area contributed by atoms with E-state index in [1.54, 1.807) is 0 Å². The normalized spacial score (nSPS) is 12.7. The van der Waals surface area contributed by atoms with Crippen molar-refractivity contribution in [1.82, 2.24) is 15.5 Å². The van der Waals surface area contributed by atoms with Gasteiger partial charge in [0.25, 0.3) is 0 Å². The molecule has 0 amide bonds. The van der Waals surface area contributed by atoms with Crippen LogP contribution in [0.2, 0.25) is 0 Å². The summed E-state index contributed by atoms with van der Waals surface area (Å²) in [5.74, 6) is 0. The van der Waals surface area contributed by atoms with Crippen LogP contribution in [0, 0.1) is 13.8 Å². The number of hydrogen-bond donors (Lipinski definition) is 2. The first kappa shape index (κ1) is 10.9. The second kappa shape index (κ2) is 4.49. The highest BCUT2D eigenvalue weighted by Gasteiger charge is 2.14. The topological polar surface area (TPSA) is 40.7 Å². The molecule has 84 valence electrons. The largest absolute Gasteiger partial charge is 0.309 e. The van der Waals surface area contributed by atoms with Gasteiger partial charge >= 0.3 is 0 Å². The third kappa shape index (κ3) is 1.99. The lowest BCUT2D eigenvalue weighted by molar-refractivity contribution is 0.688. The van der Waals surface area contributed by atoms with E-state index in [-0.39, 0.29) is 6.04 Å². The third-order valence-electron chi connectivity index (χ3n) is 2.88. The minimum atomic E-state index is 0.208. The number of aryl methyl sites for hydroxylation is 2. The predicted molar refractivity (Wildman–Crippen MR) is 65.4 cm³/mol. The summed E-state index contributed by atoms with van der Waals surface area (Å²) in [7, 11) is 1.97. The first-order chi connectivity index (χ1) is 7.72. The highest BCUT2D eigenvalue weighted by Crippen LogP contribution is 2.24. The molecule has 0 saturated heterocycles. The maximum atomic E-state index is 4.00. The first-order valence-corrected chi connectivity index (χ1v) is 5.45. The molecule has 16 heavy (non-hydrogen) atoms. The van der Waals surface area contributed by atoms with E-state index < -0.39 is 0 Å². The van der Waals surface area contributed by atoms with Gasteiger partial charge in [0.05, 0.1) is 12.2 Å². The highest BCUT2D eigenvalue weighted by molar-refractivity contribution is 5.37. The minimum absolute atomic E-state index is 0.208. The zero-order valence-corrected chi connectivity index (χ0v) is 9.91. The molecule has 0 aliphatic heterocycles. The molecule has 0 bridgehead atoms. The van der Waals surface area contributed by atoms with Crippen LogP contribution < -0.4 is 5.32 Å². The number of H-pyrrole nitrogens is 1. The van der Waals surface area contributed by atoms with Crippen LogP contribution in [0.5, 0.6) is 0 Å². The van der Waals surface area contributed by atoms with Crippen LogP contribution in [0.15, 0.2) is 30.6 Å². The van der Waals surface area contributed by atoms with Crippen molar-refractivity contribution in [3.8, 4) is 0 Å². The van der Waals surface area contributed by atoms with Gasteiger partial charge < -0.3 is 5.32 Å². The fraction of sp³-hybridized carbons (Fsp3) is 0.308. The zero-order chi connectivity index (χ0) is 11.5. The molecule has 2 aromatic rings. The molecule has 1 unspecified atom stereocenters. The van der Waals surface area contributed by atoms with Gasteiger partial charge in [0.15, 0.2) is 0 Å². The Bertz CT molecular complexity index is 460. The summed E-state index contributed by atoms with van der Waals surface area (Å²) in [6.07, 6.45) is 3.79. The second-order valence-electron chi connectivity index (χ2n) is 4.11. The first-order valence-electron chi connectivity index (χ1n) is 5.45. The summed E-state index contributed by atoms with van der Waals surface area (Å²) in [5, 5.41) is 10.2. The van der Waals surface area contributed by atoms with Gasteiger partial charge in [0.1, 0.15) is 0 Å². The van der Waals surface area contributed by atoms with Crippen molar-refractivity contribution in [2.45, 2.75) is 19.9 Å². The molecule has 3 heteroatoms. The van der Waals surface area contributed by atoms with Crippen molar-refractivity contribution < 1.29 is 0 Å². The van der Waals surface area contributed by atoms with Crippen LogP contribution in [0.1, 0.15) is 28.3 Å². The van der Waals surface area contributed by atoms with E-state index in [0.717, 1.165) is 5.56 Å². The number of aromatic amines is 1. The van der Waals surface area contributed by atoms with E-state index in [2.05, 4.69) is 47.6 Å². The average Bonchev–Trinajstić information content (AvgIpc) is 2.75. The molecule has 0 aliphatic rings. The Morgan fingerprint density at radius 2 is 2.12 bits per heavy atom. The maximum Gasteiger partial charge on any atom is 0.0607 e. The zero-order valence-electron chi connectivity index (χ0n) is 9.91. The molecule has 0 fully saturated rings. The molecular formula is C13H17N3. The summed E-state index contributed by atoms with van der Waals surface area (Å²) in [6.45, 7) is 4.26. The van der Waals surface area contributed by atoms with Crippen molar-refractivity contribution in [3.63, 3.8) is 0 Å². The molecule has 2 rings (SSSR count). The summed E-state index contributed by atoms with van der Waals surface area (Å²) in [5.41, 5.74) is 5.06. The molecule has 0 spiro atoms. The van der Waals surface area contributed by atoms with Gasteiger partial charge in [-0.1, -0.05) is 23.8 Å². The molecule has 0 radical (unpaired) electrons. The Labute approximate surface area is 95.9 Å². The summed E-state index contributed by atoms with van der Waals surface area (Å²) in [6, 6.07) is 6.74. The van der Waals surface area contributed by atoms with Crippen molar-refractivity contribution in [3.05, 3.63) is 52.8 Å². The van der Waals surface area contributed by atoms with E-state index in [0.29, 0.717) is 0 Å². The molecule has 1 atom stereocenters. The SMILES string of the molecule is CNC(c1cn[nH]c1)c1ccc(C)cc1C. The number of aromatic nitrogens is 2. The van der Waals surface area contributed by atoms with E-state index in [4.69, 9.17) is 0 Å². The van der Waals surface area contributed by atoms with Gasteiger partial charge in [-0.25, -0.2) is 0 Å². The summed E-state index contributed by atoms with van der Waals surface area (Å²) >= 11 is 0. The van der Waals surface area contributed by atoms with E-state index in [1.807, 2.05) is 19.4 Å². The number of nitrogens with one attached hydrogen (secondary N) is 2. The second-order valence-corrected chi connectivity index (χ2v) is 4.11. The Morgan fingerprint density at radius 3 is 2.69 bits per heavy atom. The number of hydrogen-bond acceptors (Lipinski definition) is 2. The van der Waals surface area contributed by atoms with Crippen molar-refractivity contribution >= 4 is 0 Å². The van der Waals surface area contributed by atoms with Gasteiger partial charge in [-0.3, -0.25) is 5.10 Å². The maximum absolute atomic E-state index is 4.00. The van der Waals surface area contributed by atoms with Crippen LogP contribution in [-0.4, -0.2) is 17.2 Å². The lowest BCUT2D eigenvalue weighted by atomic mass is 9.96. The molecule has 1 aromatic heterocycles. The van der Waals surface area contributed by atoms with Crippen LogP contribution >= 0.6 is 0 Å². The Hall–Kier alpha value is -1.61. The molecule has 0 aliphatic carbocycles. The van der Waals surface area contributed by atoms with Crippen LogP contribution in [0.4, 0.5) is 0 Å². The lowest BCUT2D eigenvalue weighted by Crippen LogP contribution is -2.18. The molecule has 2 N–H and O–H groups in total. The summed E-state index contributed by atoms with van der Waals surface area (Å²) in [4.78, 5) is 0. The third-order valence-corrected chi connectivity index (χ3v) is 2.88. The molecule has 3 nitrogen and oxygen atoms in total. The smallest absolute Gasteiger partial charge is 0.0607 e. The number of rotatable bonds is 3. The van der Waals surface area contributed by atoms with E-state index in [9.17, 15) is 0 Å². The molecular weight excluding hydrogens is 198 g/mol. The molecule has 0 saturated carbocycles. The predicted octanol–water partition coefficient (Wildman–Crippen LogP) is 2.34. The Morgan fingerprint density at radius 1 is 1.31 bits per heavy atom. The standard InChI is InChI=1S/C13H17N3/c1-9-4-5-12(10(2)6-9)13(14-3)11-7-15-16-8-11/h4-8,13-14H,1-3H3,(H,15,16). The Kier molecular flexibility index (Phi) is 3.06. The van der Waals surface area contributed by atoms with Crippen molar-refractivity contribution in [2.24, 2.45) is 0 Å². The van der Waals surface area contributed by atoms with Crippen LogP contribution in [0.3, 0.4) is 0 Å². The average molecular weight is 215 g/mol. The molecule has 1 aromatic carbocycles.